The van der Waals surface area contributed by atoms with Crippen molar-refractivity contribution in [3.63, 3.8) is 0 Å². The van der Waals surface area contributed by atoms with Crippen LogP contribution in [0.25, 0.3) is 0 Å². The number of methoxy groups -OCH3 is 1. The van der Waals surface area contributed by atoms with E-state index in [1.165, 1.54) is 7.11 Å². The third kappa shape index (κ3) is 1.34. The summed E-state index contributed by atoms with van der Waals surface area (Å²) in [6, 6.07) is -0.0900. The Bertz CT molecular complexity index is 225. The van der Waals surface area contributed by atoms with Crippen LogP contribution >= 0.6 is 0 Å². The van der Waals surface area contributed by atoms with Gasteiger partial charge in [0, 0.05) is 6.04 Å². The van der Waals surface area contributed by atoms with Gasteiger partial charge in [0.05, 0.1) is 25.2 Å². The normalized spacial score (nSPS) is 43.2. The SMILES string of the molecule is COC(=O)[C@H]1CC2(CCO2)C[C@H]1N. The zero-order chi connectivity index (χ0) is 9.47. The summed E-state index contributed by atoms with van der Waals surface area (Å²) in [6.45, 7) is 0.806. The molecule has 1 spiro atoms. The van der Waals surface area contributed by atoms with Crippen molar-refractivity contribution < 1.29 is 14.3 Å². The molecule has 4 nitrogen and oxygen atoms in total. The van der Waals surface area contributed by atoms with E-state index in [0.717, 1.165) is 25.9 Å². The maximum atomic E-state index is 11.3. The minimum absolute atomic E-state index is 0.0850. The van der Waals surface area contributed by atoms with Gasteiger partial charge in [0.2, 0.25) is 0 Å². The van der Waals surface area contributed by atoms with Gasteiger partial charge >= 0.3 is 5.97 Å². The Balaban J connectivity index is 2.03. The average molecular weight is 185 g/mol. The van der Waals surface area contributed by atoms with Crippen LogP contribution in [0.3, 0.4) is 0 Å². The van der Waals surface area contributed by atoms with E-state index in [1.54, 1.807) is 0 Å². The molecular weight excluding hydrogens is 170 g/mol. The van der Waals surface area contributed by atoms with Crippen molar-refractivity contribution in [2.24, 2.45) is 11.7 Å². The lowest BCUT2D eigenvalue weighted by atomic mass is 9.92. The van der Waals surface area contributed by atoms with E-state index < -0.39 is 0 Å². The number of carbonyl (C=O) groups excluding carboxylic acids is 1. The summed E-state index contributed by atoms with van der Waals surface area (Å²) in [5, 5.41) is 0. The van der Waals surface area contributed by atoms with Crippen LogP contribution in [-0.2, 0) is 14.3 Å². The van der Waals surface area contributed by atoms with Crippen molar-refractivity contribution in [2.45, 2.75) is 30.9 Å². The molecule has 1 aliphatic carbocycles. The Labute approximate surface area is 77.4 Å². The summed E-state index contributed by atoms with van der Waals surface area (Å²) in [4.78, 5) is 11.3. The van der Waals surface area contributed by atoms with Gasteiger partial charge in [0.1, 0.15) is 0 Å². The fourth-order valence-corrected chi connectivity index (χ4v) is 2.33. The van der Waals surface area contributed by atoms with Crippen LogP contribution in [0.5, 0.6) is 0 Å². The summed E-state index contributed by atoms with van der Waals surface area (Å²) in [7, 11) is 1.40. The maximum absolute atomic E-state index is 11.3. The Kier molecular flexibility index (Phi) is 2.04. The Morgan fingerprint density at radius 3 is 2.69 bits per heavy atom. The Hall–Kier alpha value is -0.610. The fraction of sp³-hybridized carbons (Fsp3) is 0.889. The highest BCUT2D eigenvalue weighted by Gasteiger charge is 2.51. The van der Waals surface area contributed by atoms with E-state index in [4.69, 9.17) is 15.2 Å². The van der Waals surface area contributed by atoms with Gasteiger partial charge < -0.3 is 15.2 Å². The summed E-state index contributed by atoms with van der Waals surface area (Å²) in [6.07, 6.45) is 2.57. The van der Waals surface area contributed by atoms with Crippen molar-refractivity contribution >= 4 is 5.97 Å². The minimum Gasteiger partial charge on any atom is -0.469 e. The van der Waals surface area contributed by atoms with Crippen LogP contribution in [0.15, 0.2) is 0 Å². The summed E-state index contributed by atoms with van der Waals surface area (Å²) < 4.78 is 10.2. The standard InChI is InChI=1S/C9H15NO3/c1-12-8(11)6-4-9(2-3-13-9)5-7(6)10/h6-7H,2-5,10H2,1H3/t6-,7+,9?/m0/s1. The molecule has 74 valence electrons. The second-order valence-corrected chi connectivity index (χ2v) is 3.98. The average Bonchev–Trinajstić information content (AvgIpc) is 2.41. The lowest BCUT2D eigenvalue weighted by Gasteiger charge is -2.38. The smallest absolute Gasteiger partial charge is 0.310 e. The molecule has 1 heterocycles. The monoisotopic (exact) mass is 185 g/mol. The molecule has 1 saturated carbocycles. The number of hydrogen-bond donors (Lipinski definition) is 1. The van der Waals surface area contributed by atoms with Gasteiger partial charge in [-0.15, -0.1) is 0 Å². The van der Waals surface area contributed by atoms with Crippen LogP contribution in [0, 0.1) is 5.92 Å². The first kappa shape index (κ1) is 8.97. The van der Waals surface area contributed by atoms with E-state index in [9.17, 15) is 4.79 Å². The molecule has 3 atom stereocenters. The highest BCUT2D eigenvalue weighted by molar-refractivity contribution is 5.73. The van der Waals surface area contributed by atoms with Crippen LogP contribution in [0.2, 0.25) is 0 Å². The molecule has 1 aliphatic heterocycles. The zero-order valence-electron chi connectivity index (χ0n) is 7.79. The molecule has 0 aromatic heterocycles. The maximum Gasteiger partial charge on any atom is 0.310 e. The van der Waals surface area contributed by atoms with Crippen molar-refractivity contribution in [1.29, 1.82) is 0 Å². The second kappa shape index (κ2) is 2.96. The van der Waals surface area contributed by atoms with Gasteiger partial charge in [-0.1, -0.05) is 0 Å². The number of carbonyl (C=O) groups is 1. The number of nitrogens with two attached hydrogens (primary N) is 1. The number of hydrogen-bond acceptors (Lipinski definition) is 4. The third-order valence-electron chi connectivity index (χ3n) is 3.19. The quantitative estimate of drug-likeness (QED) is 0.587. The molecule has 2 fully saturated rings. The van der Waals surface area contributed by atoms with E-state index in [0.29, 0.717) is 0 Å². The van der Waals surface area contributed by atoms with Gasteiger partial charge in [-0.25, -0.2) is 0 Å². The molecule has 1 saturated heterocycles. The predicted octanol–water partition coefficient (Wildman–Crippen LogP) is 0.0558. The van der Waals surface area contributed by atoms with Crippen LogP contribution in [0.4, 0.5) is 0 Å². The number of esters is 1. The third-order valence-corrected chi connectivity index (χ3v) is 3.19. The first-order chi connectivity index (χ1) is 6.17. The van der Waals surface area contributed by atoms with E-state index in [1.807, 2.05) is 0 Å². The summed E-state index contributed by atoms with van der Waals surface area (Å²) >= 11 is 0. The largest absolute Gasteiger partial charge is 0.469 e. The predicted molar refractivity (Wildman–Crippen MR) is 46.0 cm³/mol. The summed E-state index contributed by atoms with van der Waals surface area (Å²) in [5.41, 5.74) is 5.77. The molecule has 0 bridgehead atoms. The van der Waals surface area contributed by atoms with Gasteiger partial charge in [0.25, 0.3) is 0 Å². The Morgan fingerprint density at radius 2 is 2.31 bits per heavy atom. The molecule has 2 N–H and O–H groups in total. The second-order valence-electron chi connectivity index (χ2n) is 3.98. The fourth-order valence-electron chi connectivity index (χ4n) is 2.33. The van der Waals surface area contributed by atoms with E-state index in [-0.39, 0.29) is 23.5 Å². The highest BCUT2D eigenvalue weighted by Crippen LogP contribution is 2.44. The van der Waals surface area contributed by atoms with Crippen molar-refractivity contribution in [3.8, 4) is 0 Å². The lowest BCUT2D eigenvalue weighted by Crippen LogP contribution is -2.42. The Morgan fingerprint density at radius 1 is 1.62 bits per heavy atom. The molecule has 0 amide bonds. The van der Waals surface area contributed by atoms with Gasteiger partial charge in [0.15, 0.2) is 0 Å². The van der Waals surface area contributed by atoms with Crippen LogP contribution in [0.1, 0.15) is 19.3 Å². The summed E-state index contributed by atoms with van der Waals surface area (Å²) in [5.74, 6) is -0.356. The van der Waals surface area contributed by atoms with E-state index >= 15 is 0 Å². The van der Waals surface area contributed by atoms with Gasteiger partial charge in [-0.3, -0.25) is 4.79 Å². The number of ether oxygens (including phenoxy) is 2. The van der Waals surface area contributed by atoms with Gasteiger partial charge in [-0.2, -0.15) is 0 Å². The van der Waals surface area contributed by atoms with E-state index in [2.05, 4.69) is 0 Å². The lowest BCUT2D eigenvalue weighted by molar-refractivity contribution is -0.155. The van der Waals surface area contributed by atoms with Crippen molar-refractivity contribution in [1.82, 2.24) is 0 Å². The molecule has 2 rings (SSSR count). The first-order valence-corrected chi connectivity index (χ1v) is 4.64. The molecule has 13 heavy (non-hydrogen) atoms. The molecule has 4 heteroatoms. The molecule has 0 aromatic rings. The molecule has 0 aromatic carbocycles. The minimum atomic E-state index is -0.195. The first-order valence-electron chi connectivity index (χ1n) is 4.64. The number of rotatable bonds is 1. The highest BCUT2D eigenvalue weighted by atomic mass is 16.5. The molecule has 1 unspecified atom stereocenters. The van der Waals surface area contributed by atoms with Gasteiger partial charge in [-0.05, 0) is 19.3 Å². The molecule has 0 radical (unpaired) electrons. The van der Waals surface area contributed by atoms with Crippen LogP contribution < -0.4 is 5.73 Å². The van der Waals surface area contributed by atoms with Crippen LogP contribution in [-0.4, -0.2) is 31.3 Å². The van der Waals surface area contributed by atoms with Crippen molar-refractivity contribution in [2.75, 3.05) is 13.7 Å². The van der Waals surface area contributed by atoms with Crippen molar-refractivity contribution in [3.05, 3.63) is 0 Å². The topological polar surface area (TPSA) is 61.5 Å². The zero-order valence-corrected chi connectivity index (χ0v) is 7.79. The molecular formula is C9H15NO3. The molecule has 2 aliphatic rings.